The fourth-order valence-electron chi connectivity index (χ4n) is 2.33. The number of amides is 1. The molecule has 1 aliphatic heterocycles. The first kappa shape index (κ1) is 13.5. The van der Waals surface area contributed by atoms with Crippen LogP contribution in [-0.4, -0.2) is 30.0 Å². The third-order valence-corrected chi connectivity index (χ3v) is 3.36. The molecule has 0 saturated carbocycles. The van der Waals surface area contributed by atoms with Crippen molar-refractivity contribution in [1.29, 1.82) is 5.26 Å². The van der Waals surface area contributed by atoms with E-state index in [4.69, 9.17) is 11.0 Å². The summed E-state index contributed by atoms with van der Waals surface area (Å²) < 4.78 is 0. The molecule has 19 heavy (non-hydrogen) atoms. The number of nitriles is 1. The highest BCUT2D eigenvalue weighted by Crippen LogP contribution is 2.29. The number of carbonyl (C=O) groups is 1. The van der Waals surface area contributed by atoms with E-state index in [0.717, 1.165) is 12.1 Å². The van der Waals surface area contributed by atoms with Gasteiger partial charge in [0.2, 0.25) is 5.91 Å². The van der Waals surface area contributed by atoms with Crippen molar-refractivity contribution in [3.63, 3.8) is 0 Å². The lowest BCUT2D eigenvalue weighted by molar-refractivity contribution is -0.123. The predicted molar refractivity (Wildman–Crippen MR) is 69.9 cm³/mol. The molecule has 1 saturated heterocycles. The highest BCUT2D eigenvalue weighted by molar-refractivity contribution is 5.82. The van der Waals surface area contributed by atoms with Crippen molar-refractivity contribution in [2.45, 2.75) is 24.9 Å². The Labute approximate surface area is 112 Å². The monoisotopic (exact) mass is 259 g/mol. The lowest BCUT2D eigenvalue weighted by atomic mass is 9.87. The zero-order chi connectivity index (χ0) is 13.9. The standard InChI is InChI=1S/C13H17N5O/c1-9(15)12(19)18-13(4-6-16-8-13)10-3-2-5-17-11(10)7-14/h2-3,5,9,16H,4,6,8,15H2,1H3,(H,18,19)/t9-,13+/m0/s1. The summed E-state index contributed by atoms with van der Waals surface area (Å²) in [6.45, 7) is 2.99. The summed E-state index contributed by atoms with van der Waals surface area (Å²) in [5, 5.41) is 15.3. The van der Waals surface area contributed by atoms with Gasteiger partial charge in [0.25, 0.3) is 0 Å². The molecule has 2 heterocycles. The molecule has 4 N–H and O–H groups in total. The summed E-state index contributed by atoms with van der Waals surface area (Å²) in [6, 6.07) is 5.10. The second kappa shape index (κ2) is 5.34. The van der Waals surface area contributed by atoms with Crippen LogP contribution < -0.4 is 16.4 Å². The van der Waals surface area contributed by atoms with E-state index in [1.54, 1.807) is 19.2 Å². The van der Waals surface area contributed by atoms with Crippen molar-refractivity contribution in [3.8, 4) is 6.07 Å². The summed E-state index contributed by atoms with van der Waals surface area (Å²) in [4.78, 5) is 16.0. The van der Waals surface area contributed by atoms with E-state index >= 15 is 0 Å². The van der Waals surface area contributed by atoms with Crippen molar-refractivity contribution >= 4 is 5.91 Å². The minimum absolute atomic E-state index is 0.226. The first-order valence-electron chi connectivity index (χ1n) is 6.23. The van der Waals surface area contributed by atoms with Crippen molar-refractivity contribution in [2.75, 3.05) is 13.1 Å². The summed E-state index contributed by atoms with van der Waals surface area (Å²) in [5.41, 5.74) is 6.11. The number of nitrogens with zero attached hydrogens (tertiary/aromatic N) is 2. The van der Waals surface area contributed by atoms with Crippen LogP contribution in [-0.2, 0) is 10.3 Å². The van der Waals surface area contributed by atoms with Crippen LogP contribution in [0.25, 0.3) is 0 Å². The van der Waals surface area contributed by atoms with Crippen LogP contribution >= 0.6 is 0 Å². The third kappa shape index (κ3) is 2.57. The largest absolute Gasteiger partial charge is 0.344 e. The van der Waals surface area contributed by atoms with E-state index in [-0.39, 0.29) is 5.91 Å². The lowest BCUT2D eigenvalue weighted by Crippen LogP contribution is -2.52. The highest BCUT2D eigenvalue weighted by atomic mass is 16.2. The lowest BCUT2D eigenvalue weighted by Gasteiger charge is -2.31. The van der Waals surface area contributed by atoms with Gasteiger partial charge < -0.3 is 16.4 Å². The number of aromatic nitrogens is 1. The molecule has 1 aromatic rings. The minimum Gasteiger partial charge on any atom is -0.344 e. The predicted octanol–water partition coefficient (Wildman–Crippen LogP) is -0.395. The Morgan fingerprint density at radius 2 is 2.53 bits per heavy atom. The molecule has 0 spiro atoms. The number of rotatable bonds is 3. The first-order chi connectivity index (χ1) is 9.09. The quantitative estimate of drug-likeness (QED) is 0.685. The number of nitrogens with one attached hydrogen (secondary N) is 2. The molecular weight excluding hydrogens is 242 g/mol. The molecule has 0 aliphatic carbocycles. The molecule has 0 aromatic carbocycles. The average molecular weight is 259 g/mol. The molecule has 2 atom stereocenters. The van der Waals surface area contributed by atoms with Crippen molar-refractivity contribution in [1.82, 2.24) is 15.6 Å². The maximum Gasteiger partial charge on any atom is 0.237 e. The summed E-state index contributed by atoms with van der Waals surface area (Å²) in [7, 11) is 0. The maximum atomic E-state index is 11.9. The molecule has 1 aromatic heterocycles. The Morgan fingerprint density at radius 1 is 1.74 bits per heavy atom. The van der Waals surface area contributed by atoms with Gasteiger partial charge in [0.05, 0.1) is 11.6 Å². The molecule has 100 valence electrons. The molecule has 2 rings (SSSR count). The zero-order valence-electron chi connectivity index (χ0n) is 10.8. The maximum absolute atomic E-state index is 11.9. The van der Waals surface area contributed by atoms with Crippen molar-refractivity contribution < 1.29 is 4.79 Å². The molecule has 0 radical (unpaired) electrons. The van der Waals surface area contributed by atoms with Gasteiger partial charge in [0.1, 0.15) is 11.8 Å². The van der Waals surface area contributed by atoms with Crippen LogP contribution in [0, 0.1) is 11.3 Å². The highest BCUT2D eigenvalue weighted by Gasteiger charge is 2.39. The van der Waals surface area contributed by atoms with Gasteiger partial charge in [-0.1, -0.05) is 6.07 Å². The van der Waals surface area contributed by atoms with Crippen molar-refractivity contribution in [3.05, 3.63) is 29.6 Å². The molecule has 1 amide bonds. The number of carbonyl (C=O) groups excluding carboxylic acids is 1. The molecule has 1 aliphatic rings. The molecule has 0 unspecified atom stereocenters. The Kier molecular flexibility index (Phi) is 3.79. The van der Waals surface area contributed by atoms with Crippen LogP contribution in [0.2, 0.25) is 0 Å². The van der Waals surface area contributed by atoms with Gasteiger partial charge in [0, 0.05) is 18.3 Å². The fourth-order valence-corrected chi connectivity index (χ4v) is 2.33. The van der Waals surface area contributed by atoms with E-state index in [2.05, 4.69) is 21.7 Å². The van der Waals surface area contributed by atoms with E-state index in [9.17, 15) is 4.79 Å². The number of pyridine rings is 1. The van der Waals surface area contributed by atoms with E-state index in [1.807, 2.05) is 6.07 Å². The van der Waals surface area contributed by atoms with Crippen molar-refractivity contribution in [2.24, 2.45) is 5.73 Å². The van der Waals surface area contributed by atoms with E-state index in [0.29, 0.717) is 18.7 Å². The van der Waals surface area contributed by atoms with E-state index in [1.165, 1.54) is 0 Å². The van der Waals surface area contributed by atoms with Gasteiger partial charge in [0.15, 0.2) is 0 Å². The molecular formula is C13H17N5O. The number of hydrogen-bond donors (Lipinski definition) is 3. The van der Waals surface area contributed by atoms with Gasteiger partial charge in [-0.25, -0.2) is 4.98 Å². The van der Waals surface area contributed by atoms with Gasteiger partial charge in [-0.05, 0) is 26.0 Å². The Hall–Kier alpha value is -1.97. The fraction of sp³-hybridized carbons (Fsp3) is 0.462. The average Bonchev–Trinajstić information content (AvgIpc) is 2.88. The normalized spacial score (nSPS) is 23.6. The second-order valence-corrected chi connectivity index (χ2v) is 4.80. The smallest absolute Gasteiger partial charge is 0.237 e. The Balaban J connectivity index is 2.40. The topological polar surface area (TPSA) is 104 Å². The van der Waals surface area contributed by atoms with Gasteiger partial charge in [-0.15, -0.1) is 0 Å². The van der Waals surface area contributed by atoms with E-state index < -0.39 is 11.6 Å². The Morgan fingerprint density at radius 3 is 3.11 bits per heavy atom. The summed E-state index contributed by atoms with van der Waals surface area (Å²) >= 11 is 0. The first-order valence-corrected chi connectivity index (χ1v) is 6.23. The van der Waals surface area contributed by atoms with Gasteiger partial charge in [-0.3, -0.25) is 4.79 Å². The van der Waals surface area contributed by atoms with Crippen LogP contribution in [0.1, 0.15) is 24.6 Å². The third-order valence-electron chi connectivity index (χ3n) is 3.36. The number of hydrogen-bond acceptors (Lipinski definition) is 5. The van der Waals surface area contributed by atoms with Gasteiger partial charge >= 0.3 is 0 Å². The summed E-state index contributed by atoms with van der Waals surface area (Å²) in [6.07, 6.45) is 2.29. The SMILES string of the molecule is C[C@H](N)C(=O)N[C@]1(c2cccnc2C#N)CCNC1. The molecule has 6 heteroatoms. The minimum atomic E-state index is -0.593. The molecule has 0 bridgehead atoms. The summed E-state index contributed by atoms with van der Waals surface area (Å²) in [5.74, 6) is -0.226. The Bertz CT molecular complexity index is 514. The van der Waals surface area contributed by atoms with Crippen LogP contribution in [0.3, 0.4) is 0 Å². The molecule has 1 fully saturated rings. The van der Waals surface area contributed by atoms with Crippen LogP contribution in [0.4, 0.5) is 0 Å². The van der Waals surface area contributed by atoms with Gasteiger partial charge in [-0.2, -0.15) is 5.26 Å². The molecule has 6 nitrogen and oxygen atoms in total. The zero-order valence-corrected chi connectivity index (χ0v) is 10.8. The van der Waals surface area contributed by atoms with Crippen LogP contribution in [0.15, 0.2) is 18.3 Å². The number of nitrogens with two attached hydrogens (primary N) is 1. The second-order valence-electron chi connectivity index (χ2n) is 4.80. The van der Waals surface area contributed by atoms with Crippen LogP contribution in [0.5, 0.6) is 0 Å².